The summed E-state index contributed by atoms with van der Waals surface area (Å²) in [5.74, 6) is 1.44. The maximum Gasteiger partial charge on any atom is 0.347 e. The van der Waals surface area contributed by atoms with E-state index in [2.05, 4.69) is 43.1 Å². The number of rotatable bonds is 4. The fourth-order valence-electron chi connectivity index (χ4n) is 7.18. The van der Waals surface area contributed by atoms with Crippen molar-refractivity contribution in [3.63, 3.8) is 0 Å². The smallest absolute Gasteiger partial charge is 0.347 e. The van der Waals surface area contributed by atoms with Gasteiger partial charge in [0.25, 0.3) is 0 Å². The molecule has 3 fully saturated rings. The molecule has 0 bridgehead atoms. The number of hydrogen-bond donors (Lipinski definition) is 2. The molecule has 3 aliphatic rings. The molecule has 4 heterocycles. The molecular weight excluding hydrogens is 506 g/mol. The largest absolute Gasteiger partial charge is 0.393 e. The summed E-state index contributed by atoms with van der Waals surface area (Å²) in [6.45, 7) is 7.36. The number of aromatic amines is 1. The van der Waals surface area contributed by atoms with Gasteiger partial charge in [0.05, 0.1) is 47.6 Å². The second-order valence-electron chi connectivity index (χ2n) is 11.7. The minimum atomic E-state index is -0.363. The molecule has 1 aliphatic carbocycles. The van der Waals surface area contributed by atoms with Crippen LogP contribution in [-0.4, -0.2) is 59.2 Å². The molecule has 4 aromatic rings. The number of anilines is 2. The number of aliphatic hydroxyl groups excluding tert-OH is 1. The normalized spacial score (nSPS) is 21.2. The van der Waals surface area contributed by atoms with E-state index >= 15 is 0 Å². The molecule has 2 aliphatic heterocycles. The van der Waals surface area contributed by atoms with Gasteiger partial charge in [-0.25, -0.2) is 4.79 Å². The van der Waals surface area contributed by atoms with Crippen molar-refractivity contribution >= 4 is 22.4 Å². The van der Waals surface area contributed by atoms with Gasteiger partial charge >= 0.3 is 5.69 Å². The monoisotopic (exact) mass is 541 g/mol. The predicted octanol–water partition coefficient (Wildman–Crippen LogP) is 4.51. The third-order valence-corrected chi connectivity index (χ3v) is 9.22. The minimum absolute atomic E-state index is 0.0656. The Labute approximate surface area is 232 Å². The first-order valence-corrected chi connectivity index (χ1v) is 14.3. The number of fused-ring (bicyclic) bond motifs is 1. The fraction of sp³-hybridized carbons (Fsp3) is 0.452. The Bertz CT molecular complexity index is 1580. The van der Waals surface area contributed by atoms with Gasteiger partial charge in [-0.1, -0.05) is 35.5 Å². The number of piperidine rings is 1. The Morgan fingerprint density at radius 1 is 1.05 bits per heavy atom. The first-order valence-electron chi connectivity index (χ1n) is 14.3. The molecule has 0 amide bonds. The van der Waals surface area contributed by atoms with Crippen LogP contribution in [0.4, 0.5) is 11.5 Å². The number of nitrogens with one attached hydrogen (secondary N) is 1. The van der Waals surface area contributed by atoms with E-state index in [1.807, 2.05) is 38.1 Å². The average molecular weight is 542 g/mol. The second-order valence-corrected chi connectivity index (χ2v) is 11.7. The second kappa shape index (κ2) is 9.74. The van der Waals surface area contributed by atoms with Crippen molar-refractivity contribution in [1.82, 2.24) is 15.1 Å². The molecule has 2 N–H and O–H groups in total. The molecule has 1 atom stereocenters. The van der Waals surface area contributed by atoms with Crippen LogP contribution in [0.2, 0.25) is 0 Å². The molecule has 2 saturated heterocycles. The van der Waals surface area contributed by atoms with Gasteiger partial charge in [-0.05, 0) is 62.6 Å². The van der Waals surface area contributed by atoms with E-state index in [9.17, 15) is 9.90 Å². The van der Waals surface area contributed by atoms with Crippen molar-refractivity contribution in [3.8, 4) is 11.1 Å². The maximum absolute atomic E-state index is 13.0. The molecule has 0 radical (unpaired) electrons. The Kier molecular flexibility index (Phi) is 6.16. The lowest BCUT2D eigenvalue weighted by atomic mass is 9.61. The third-order valence-electron chi connectivity index (χ3n) is 9.22. The summed E-state index contributed by atoms with van der Waals surface area (Å²) < 4.78 is 11.6. The summed E-state index contributed by atoms with van der Waals surface area (Å²) in [7, 11) is 0. The van der Waals surface area contributed by atoms with Crippen LogP contribution < -0.4 is 15.5 Å². The number of ether oxygens (including phenoxy) is 1. The van der Waals surface area contributed by atoms with Gasteiger partial charge in [0, 0.05) is 30.8 Å². The summed E-state index contributed by atoms with van der Waals surface area (Å²) in [4.78, 5) is 25.3. The molecule has 40 heavy (non-hydrogen) atoms. The standard InChI is InChI=1S/C31H35N5O4/c1-19-26(20(2)40-34-19)23-8-9-24-27(28(23)35-12-10-31(11-13-35)16-22(37)17-31)29(33-30(38)32-24)36-14-15-39-18-25(36)21-6-4-3-5-7-21/h3-9,22,25,37H,10-18H2,1-2H3,(H,32,33,38)/t25-/m1/s1. The molecule has 9 heteroatoms. The summed E-state index contributed by atoms with van der Waals surface area (Å²) >= 11 is 0. The van der Waals surface area contributed by atoms with Crippen LogP contribution in [0.5, 0.6) is 0 Å². The number of morpholine rings is 1. The van der Waals surface area contributed by atoms with E-state index in [0.29, 0.717) is 25.6 Å². The average Bonchev–Trinajstić information content (AvgIpc) is 3.29. The number of benzene rings is 2. The molecule has 7 rings (SSSR count). The van der Waals surface area contributed by atoms with Crippen LogP contribution in [0.3, 0.4) is 0 Å². The minimum Gasteiger partial charge on any atom is -0.393 e. The topological polar surface area (TPSA) is 108 Å². The predicted molar refractivity (Wildman–Crippen MR) is 154 cm³/mol. The number of aryl methyl sites for hydroxylation is 2. The zero-order valence-electron chi connectivity index (χ0n) is 23.0. The zero-order chi connectivity index (χ0) is 27.4. The highest BCUT2D eigenvalue weighted by Gasteiger charge is 2.45. The first kappa shape index (κ1) is 25.3. The number of nitrogens with zero attached hydrogens (tertiary/aromatic N) is 4. The van der Waals surface area contributed by atoms with E-state index in [0.717, 1.165) is 83.5 Å². The quantitative estimate of drug-likeness (QED) is 0.389. The summed E-state index contributed by atoms with van der Waals surface area (Å²) in [5.41, 5.74) is 5.67. The van der Waals surface area contributed by atoms with Crippen molar-refractivity contribution in [2.45, 2.75) is 51.7 Å². The van der Waals surface area contributed by atoms with Crippen molar-refractivity contribution in [2.75, 3.05) is 42.6 Å². The lowest BCUT2D eigenvalue weighted by Gasteiger charge is -2.51. The highest BCUT2D eigenvalue weighted by molar-refractivity contribution is 6.07. The lowest BCUT2D eigenvalue weighted by Crippen LogP contribution is -2.49. The van der Waals surface area contributed by atoms with Gasteiger partial charge in [-0.3, -0.25) is 0 Å². The Balaban J connectivity index is 1.43. The van der Waals surface area contributed by atoms with E-state index in [4.69, 9.17) is 9.26 Å². The van der Waals surface area contributed by atoms with Crippen LogP contribution in [-0.2, 0) is 4.74 Å². The first-order chi connectivity index (χ1) is 19.4. The fourth-order valence-corrected chi connectivity index (χ4v) is 7.18. The highest BCUT2D eigenvalue weighted by atomic mass is 16.5. The molecule has 1 spiro atoms. The van der Waals surface area contributed by atoms with Crippen LogP contribution in [0, 0.1) is 19.3 Å². The number of aliphatic hydroxyl groups is 1. The molecule has 9 nitrogen and oxygen atoms in total. The molecular formula is C31H35N5O4. The Morgan fingerprint density at radius 3 is 2.52 bits per heavy atom. The molecule has 2 aromatic heterocycles. The van der Waals surface area contributed by atoms with E-state index in [-0.39, 0.29) is 23.3 Å². The molecule has 1 saturated carbocycles. The van der Waals surface area contributed by atoms with Gasteiger partial charge in [-0.2, -0.15) is 4.98 Å². The van der Waals surface area contributed by atoms with Crippen LogP contribution in [0.15, 0.2) is 51.8 Å². The van der Waals surface area contributed by atoms with Crippen molar-refractivity contribution in [3.05, 3.63) is 70.0 Å². The number of H-pyrrole nitrogens is 1. The van der Waals surface area contributed by atoms with Crippen LogP contribution in [0.25, 0.3) is 22.0 Å². The Hall–Kier alpha value is -3.69. The summed E-state index contributed by atoms with van der Waals surface area (Å²) in [6.07, 6.45) is 3.66. The van der Waals surface area contributed by atoms with Crippen LogP contribution in [0.1, 0.15) is 48.7 Å². The zero-order valence-corrected chi connectivity index (χ0v) is 23.0. The SMILES string of the molecule is Cc1noc(C)c1-c1ccc2[nH]c(=O)nc(N3CCOC[C@@H]3c3ccccc3)c2c1N1CCC2(CC1)CC(O)C2. The van der Waals surface area contributed by atoms with Crippen molar-refractivity contribution in [2.24, 2.45) is 5.41 Å². The molecule has 0 unspecified atom stereocenters. The highest BCUT2D eigenvalue weighted by Crippen LogP contribution is 2.51. The number of aromatic nitrogens is 3. The third kappa shape index (κ3) is 4.19. The van der Waals surface area contributed by atoms with E-state index in [1.54, 1.807) is 0 Å². The lowest BCUT2D eigenvalue weighted by molar-refractivity contribution is -0.0463. The summed E-state index contributed by atoms with van der Waals surface area (Å²) in [6, 6.07) is 14.3. The van der Waals surface area contributed by atoms with Gasteiger partial charge < -0.3 is 29.2 Å². The summed E-state index contributed by atoms with van der Waals surface area (Å²) in [5, 5.41) is 15.3. The van der Waals surface area contributed by atoms with E-state index in [1.165, 1.54) is 0 Å². The molecule has 2 aromatic carbocycles. The van der Waals surface area contributed by atoms with Crippen molar-refractivity contribution in [1.29, 1.82) is 0 Å². The van der Waals surface area contributed by atoms with Gasteiger partial charge in [-0.15, -0.1) is 0 Å². The maximum atomic E-state index is 13.0. The van der Waals surface area contributed by atoms with Gasteiger partial charge in [0.2, 0.25) is 0 Å². The van der Waals surface area contributed by atoms with Gasteiger partial charge in [0.15, 0.2) is 0 Å². The van der Waals surface area contributed by atoms with Crippen molar-refractivity contribution < 1.29 is 14.4 Å². The van der Waals surface area contributed by atoms with Crippen LogP contribution >= 0.6 is 0 Å². The Morgan fingerprint density at radius 2 is 1.82 bits per heavy atom. The van der Waals surface area contributed by atoms with Gasteiger partial charge in [0.1, 0.15) is 11.6 Å². The van der Waals surface area contributed by atoms with E-state index < -0.39 is 0 Å². The number of hydrogen-bond acceptors (Lipinski definition) is 8. The molecule has 208 valence electrons.